The highest BCUT2D eigenvalue weighted by atomic mass is 32.1. The predicted octanol–water partition coefficient (Wildman–Crippen LogP) is 5.60. The van der Waals surface area contributed by atoms with E-state index >= 15 is 0 Å². The minimum Gasteiger partial charge on any atom is -0.333 e. The Morgan fingerprint density at radius 2 is 1.84 bits per heavy atom. The number of rotatable bonds is 6. The first-order valence-electron chi connectivity index (χ1n) is 12.2. The minimum absolute atomic E-state index is 0.0654. The van der Waals surface area contributed by atoms with E-state index in [1.165, 1.54) is 28.0 Å². The zero-order chi connectivity index (χ0) is 22.7. The van der Waals surface area contributed by atoms with E-state index < -0.39 is 0 Å². The Morgan fingerprint density at radius 3 is 2.56 bits per heavy atom. The van der Waals surface area contributed by atoms with Gasteiger partial charge in [0.25, 0.3) is 0 Å². The van der Waals surface area contributed by atoms with Crippen molar-refractivity contribution in [3.05, 3.63) is 57.3 Å². The molecule has 0 radical (unpaired) electrons. The normalized spacial score (nSPS) is 19.1. The molecule has 1 unspecified atom stereocenters. The standard InChI is InChI=1S/C27H36N2O2S/c1-19(2)17-28(27(31)21-10-5-4-6-11-21)18-25(30)29-15-13-24-23(14-16-32-24)26(29)22-12-8-7-9-20(22)3/h7-9,12,14,16,19,21,26H,4-6,10-11,13,15,17-18H2,1-3H3. The second-order valence-corrected chi connectivity index (χ2v) is 10.8. The second-order valence-electron chi connectivity index (χ2n) is 9.84. The average Bonchev–Trinajstić information content (AvgIpc) is 3.27. The minimum atomic E-state index is -0.0654. The fourth-order valence-electron chi connectivity index (χ4n) is 5.35. The van der Waals surface area contributed by atoms with Crippen LogP contribution >= 0.6 is 11.3 Å². The largest absolute Gasteiger partial charge is 0.333 e. The first-order chi connectivity index (χ1) is 15.5. The van der Waals surface area contributed by atoms with Crippen LogP contribution in [0.1, 0.15) is 73.6 Å². The maximum Gasteiger partial charge on any atom is 0.242 e. The Labute approximate surface area is 196 Å². The maximum atomic E-state index is 13.7. The van der Waals surface area contributed by atoms with E-state index in [0.717, 1.165) is 32.1 Å². The van der Waals surface area contributed by atoms with Crippen molar-refractivity contribution >= 4 is 23.2 Å². The summed E-state index contributed by atoms with van der Waals surface area (Å²) in [6.45, 7) is 7.92. The van der Waals surface area contributed by atoms with Crippen LogP contribution in [0.3, 0.4) is 0 Å². The molecule has 5 heteroatoms. The lowest BCUT2D eigenvalue weighted by Crippen LogP contribution is -2.49. The molecule has 1 saturated carbocycles. The van der Waals surface area contributed by atoms with Gasteiger partial charge in [-0.3, -0.25) is 9.59 Å². The molecule has 0 spiro atoms. The fourth-order valence-corrected chi connectivity index (χ4v) is 6.25. The lowest BCUT2D eigenvalue weighted by Gasteiger charge is -2.39. The van der Waals surface area contributed by atoms with Gasteiger partial charge in [0.15, 0.2) is 0 Å². The highest BCUT2D eigenvalue weighted by Crippen LogP contribution is 2.39. The van der Waals surface area contributed by atoms with E-state index in [1.54, 1.807) is 11.3 Å². The Hall–Kier alpha value is -2.14. The van der Waals surface area contributed by atoms with Gasteiger partial charge in [0.1, 0.15) is 0 Å². The van der Waals surface area contributed by atoms with E-state index in [1.807, 2.05) is 9.80 Å². The molecule has 0 saturated heterocycles. The Balaban J connectivity index is 1.59. The smallest absolute Gasteiger partial charge is 0.242 e. The summed E-state index contributed by atoms with van der Waals surface area (Å²) < 4.78 is 0. The molecular weight excluding hydrogens is 416 g/mol. The molecule has 0 bridgehead atoms. The van der Waals surface area contributed by atoms with Crippen LogP contribution < -0.4 is 0 Å². The van der Waals surface area contributed by atoms with Crippen LogP contribution in [0.4, 0.5) is 0 Å². The molecule has 1 aromatic carbocycles. The maximum absolute atomic E-state index is 13.7. The third-order valence-electron chi connectivity index (χ3n) is 6.95. The van der Waals surface area contributed by atoms with Gasteiger partial charge < -0.3 is 9.80 Å². The molecule has 2 aromatic rings. The van der Waals surface area contributed by atoms with Gasteiger partial charge in [-0.05, 0) is 60.2 Å². The van der Waals surface area contributed by atoms with Crippen LogP contribution in [0, 0.1) is 18.8 Å². The van der Waals surface area contributed by atoms with Gasteiger partial charge in [-0.2, -0.15) is 0 Å². The third kappa shape index (κ3) is 4.93. The van der Waals surface area contributed by atoms with Gasteiger partial charge in [-0.15, -0.1) is 11.3 Å². The van der Waals surface area contributed by atoms with Crippen molar-refractivity contribution in [2.24, 2.45) is 11.8 Å². The summed E-state index contributed by atoms with van der Waals surface area (Å²) in [7, 11) is 0. The van der Waals surface area contributed by atoms with Crippen LogP contribution in [-0.4, -0.2) is 41.2 Å². The predicted molar refractivity (Wildman–Crippen MR) is 131 cm³/mol. The third-order valence-corrected chi connectivity index (χ3v) is 7.94. The summed E-state index contributed by atoms with van der Waals surface area (Å²) in [5, 5.41) is 2.14. The molecule has 2 aliphatic rings. The fraction of sp³-hybridized carbons (Fsp3) is 0.556. The van der Waals surface area contributed by atoms with Crippen LogP contribution in [0.2, 0.25) is 0 Å². The molecule has 1 fully saturated rings. The number of hydrogen-bond donors (Lipinski definition) is 0. The summed E-state index contributed by atoms with van der Waals surface area (Å²) in [6.07, 6.45) is 6.30. The first kappa shape index (κ1) is 23.0. The lowest BCUT2D eigenvalue weighted by molar-refractivity contribution is -0.145. The number of fused-ring (bicyclic) bond motifs is 1. The molecule has 4 rings (SSSR count). The summed E-state index contributed by atoms with van der Waals surface area (Å²) in [4.78, 5) is 32.4. The number of benzene rings is 1. The molecule has 1 aliphatic heterocycles. The Kier molecular flexibility index (Phi) is 7.34. The molecule has 0 N–H and O–H groups in total. The van der Waals surface area contributed by atoms with Crippen molar-refractivity contribution < 1.29 is 9.59 Å². The number of carbonyl (C=O) groups excluding carboxylic acids is 2. The van der Waals surface area contributed by atoms with Gasteiger partial charge in [0.2, 0.25) is 11.8 Å². The van der Waals surface area contributed by atoms with Gasteiger partial charge in [0.05, 0.1) is 12.6 Å². The second kappa shape index (κ2) is 10.2. The lowest BCUT2D eigenvalue weighted by atomic mass is 9.88. The van der Waals surface area contributed by atoms with E-state index in [2.05, 4.69) is 56.5 Å². The molecule has 4 nitrogen and oxygen atoms in total. The number of nitrogens with zero attached hydrogens (tertiary/aromatic N) is 2. The Bertz CT molecular complexity index is 945. The quantitative estimate of drug-likeness (QED) is 0.573. The average molecular weight is 453 g/mol. The number of amides is 2. The molecule has 1 atom stereocenters. The molecule has 172 valence electrons. The van der Waals surface area contributed by atoms with Crippen molar-refractivity contribution in [2.75, 3.05) is 19.6 Å². The number of aryl methyl sites for hydroxylation is 1. The molecule has 2 heterocycles. The molecular formula is C27H36N2O2S. The van der Waals surface area contributed by atoms with Gasteiger partial charge in [-0.25, -0.2) is 0 Å². The van der Waals surface area contributed by atoms with E-state index in [0.29, 0.717) is 19.0 Å². The van der Waals surface area contributed by atoms with Crippen LogP contribution in [0.15, 0.2) is 35.7 Å². The van der Waals surface area contributed by atoms with Crippen molar-refractivity contribution in [2.45, 2.75) is 65.3 Å². The van der Waals surface area contributed by atoms with E-state index in [4.69, 9.17) is 0 Å². The van der Waals surface area contributed by atoms with Crippen molar-refractivity contribution in [3.8, 4) is 0 Å². The SMILES string of the molecule is Cc1ccccc1C1c2ccsc2CCN1C(=O)CN(CC(C)C)C(=O)C1CCCCC1. The molecule has 2 amide bonds. The zero-order valence-electron chi connectivity index (χ0n) is 19.7. The van der Waals surface area contributed by atoms with Gasteiger partial charge in [0, 0.05) is 23.9 Å². The number of thiophene rings is 1. The highest BCUT2D eigenvalue weighted by Gasteiger charge is 2.35. The molecule has 1 aliphatic carbocycles. The number of hydrogen-bond acceptors (Lipinski definition) is 3. The Morgan fingerprint density at radius 1 is 1.09 bits per heavy atom. The zero-order valence-corrected chi connectivity index (χ0v) is 20.5. The monoisotopic (exact) mass is 452 g/mol. The van der Waals surface area contributed by atoms with Gasteiger partial charge in [-0.1, -0.05) is 57.4 Å². The van der Waals surface area contributed by atoms with Gasteiger partial charge >= 0.3 is 0 Å². The highest BCUT2D eigenvalue weighted by molar-refractivity contribution is 7.10. The molecule has 32 heavy (non-hydrogen) atoms. The van der Waals surface area contributed by atoms with Crippen LogP contribution in [-0.2, 0) is 16.0 Å². The number of carbonyl (C=O) groups is 2. The topological polar surface area (TPSA) is 40.6 Å². The summed E-state index contributed by atoms with van der Waals surface area (Å²) in [5.41, 5.74) is 3.64. The summed E-state index contributed by atoms with van der Waals surface area (Å²) >= 11 is 1.79. The van der Waals surface area contributed by atoms with Crippen molar-refractivity contribution in [1.82, 2.24) is 9.80 Å². The van der Waals surface area contributed by atoms with Crippen molar-refractivity contribution in [3.63, 3.8) is 0 Å². The summed E-state index contributed by atoms with van der Waals surface area (Å²) in [6, 6.07) is 10.5. The molecule has 1 aromatic heterocycles. The first-order valence-corrected chi connectivity index (χ1v) is 13.0. The van der Waals surface area contributed by atoms with Crippen LogP contribution in [0.25, 0.3) is 0 Å². The van der Waals surface area contributed by atoms with E-state index in [9.17, 15) is 9.59 Å². The van der Waals surface area contributed by atoms with E-state index in [-0.39, 0.29) is 30.3 Å². The summed E-state index contributed by atoms with van der Waals surface area (Å²) in [5.74, 6) is 0.687. The van der Waals surface area contributed by atoms with Crippen LogP contribution in [0.5, 0.6) is 0 Å². The van der Waals surface area contributed by atoms with Crippen molar-refractivity contribution in [1.29, 1.82) is 0 Å².